The van der Waals surface area contributed by atoms with Crippen molar-refractivity contribution >= 4 is 11.7 Å². The molecule has 2 N–H and O–H groups in total. The van der Waals surface area contributed by atoms with Crippen molar-refractivity contribution in [3.8, 4) is 0 Å². The van der Waals surface area contributed by atoms with Crippen LogP contribution in [0, 0.1) is 6.92 Å². The lowest BCUT2D eigenvalue weighted by atomic mass is 10.1. The van der Waals surface area contributed by atoms with Crippen molar-refractivity contribution in [2.24, 2.45) is 0 Å². The topological polar surface area (TPSA) is 49.3 Å². The second-order valence-corrected chi connectivity index (χ2v) is 3.34. The number of anilines is 1. The van der Waals surface area contributed by atoms with E-state index in [9.17, 15) is 4.79 Å². The average Bonchev–Trinajstić information content (AvgIpc) is 2.17. The Morgan fingerprint density at radius 2 is 2.33 bits per heavy atom. The minimum absolute atomic E-state index is 0.351. The van der Waals surface area contributed by atoms with Gasteiger partial charge >= 0.3 is 5.97 Å². The second-order valence-electron chi connectivity index (χ2n) is 3.34. The normalized spacial score (nSPS) is 9.67. The maximum absolute atomic E-state index is 10.8. The van der Waals surface area contributed by atoms with Gasteiger partial charge in [-0.3, -0.25) is 0 Å². The fraction of sp³-hybridized carbons (Fsp3) is 0.250. The summed E-state index contributed by atoms with van der Waals surface area (Å²) in [5.41, 5.74) is 2.06. The Labute approximate surface area is 89.4 Å². The highest BCUT2D eigenvalue weighted by molar-refractivity contribution is 5.89. The summed E-state index contributed by atoms with van der Waals surface area (Å²) in [6.07, 6.45) is 2.73. The van der Waals surface area contributed by atoms with Crippen molar-refractivity contribution < 1.29 is 9.90 Å². The lowest BCUT2D eigenvalue weighted by molar-refractivity contribution is 0.0696. The number of carbonyl (C=O) groups is 1. The summed E-state index contributed by atoms with van der Waals surface area (Å²) in [6, 6.07) is 5.24. The first-order chi connectivity index (χ1) is 7.15. The summed E-state index contributed by atoms with van der Waals surface area (Å²) in [5, 5.41) is 12.0. The van der Waals surface area contributed by atoms with Crippen LogP contribution in [-0.4, -0.2) is 17.6 Å². The summed E-state index contributed by atoms with van der Waals surface area (Å²) >= 11 is 0. The number of benzene rings is 1. The maximum atomic E-state index is 10.8. The Balaban J connectivity index is 2.73. The SMILES string of the molecule is C=CCCNc1ccc(C(=O)O)c(C)c1. The molecule has 3 nitrogen and oxygen atoms in total. The van der Waals surface area contributed by atoms with Crippen LogP contribution in [0.4, 0.5) is 5.69 Å². The van der Waals surface area contributed by atoms with Gasteiger partial charge in [-0.1, -0.05) is 6.08 Å². The predicted octanol–water partition coefficient (Wildman–Crippen LogP) is 2.68. The van der Waals surface area contributed by atoms with E-state index in [-0.39, 0.29) is 0 Å². The molecule has 1 rings (SSSR count). The van der Waals surface area contributed by atoms with Gasteiger partial charge in [0.05, 0.1) is 5.56 Å². The molecule has 0 bridgehead atoms. The zero-order valence-electron chi connectivity index (χ0n) is 8.79. The van der Waals surface area contributed by atoms with Crippen LogP contribution in [-0.2, 0) is 0 Å². The molecule has 15 heavy (non-hydrogen) atoms. The molecule has 0 fully saturated rings. The van der Waals surface area contributed by atoms with Crippen LogP contribution in [0.3, 0.4) is 0 Å². The summed E-state index contributed by atoms with van der Waals surface area (Å²) in [4.78, 5) is 10.8. The van der Waals surface area contributed by atoms with Gasteiger partial charge in [-0.25, -0.2) is 4.79 Å². The Hall–Kier alpha value is -1.77. The smallest absolute Gasteiger partial charge is 0.335 e. The van der Waals surface area contributed by atoms with Crippen LogP contribution in [0.15, 0.2) is 30.9 Å². The Morgan fingerprint density at radius 3 is 2.87 bits per heavy atom. The molecule has 0 amide bonds. The molecule has 0 atom stereocenters. The number of hydrogen-bond acceptors (Lipinski definition) is 2. The van der Waals surface area contributed by atoms with Gasteiger partial charge in [0.15, 0.2) is 0 Å². The van der Waals surface area contributed by atoms with Crippen LogP contribution < -0.4 is 5.32 Å². The maximum Gasteiger partial charge on any atom is 0.335 e. The Morgan fingerprint density at radius 1 is 1.60 bits per heavy atom. The number of nitrogens with one attached hydrogen (secondary N) is 1. The van der Waals surface area contributed by atoms with Crippen LogP contribution >= 0.6 is 0 Å². The van der Waals surface area contributed by atoms with Crippen molar-refractivity contribution in [1.82, 2.24) is 0 Å². The first-order valence-electron chi connectivity index (χ1n) is 4.84. The number of carboxylic acids is 1. The van der Waals surface area contributed by atoms with E-state index < -0.39 is 5.97 Å². The Kier molecular flexibility index (Phi) is 3.92. The largest absolute Gasteiger partial charge is 0.478 e. The molecule has 80 valence electrons. The van der Waals surface area contributed by atoms with Gasteiger partial charge < -0.3 is 10.4 Å². The molecule has 0 unspecified atom stereocenters. The molecule has 0 radical (unpaired) electrons. The van der Waals surface area contributed by atoms with E-state index in [1.54, 1.807) is 19.1 Å². The molecule has 0 aromatic heterocycles. The number of hydrogen-bond donors (Lipinski definition) is 2. The van der Waals surface area contributed by atoms with Crippen LogP contribution in [0.1, 0.15) is 22.3 Å². The molecular weight excluding hydrogens is 190 g/mol. The predicted molar refractivity (Wildman–Crippen MR) is 61.4 cm³/mol. The van der Waals surface area contributed by atoms with Gasteiger partial charge in [0.1, 0.15) is 0 Å². The third kappa shape index (κ3) is 3.13. The lowest BCUT2D eigenvalue weighted by Crippen LogP contribution is -2.03. The molecule has 3 heteroatoms. The minimum Gasteiger partial charge on any atom is -0.478 e. The van der Waals surface area contributed by atoms with Crippen molar-refractivity contribution in [1.29, 1.82) is 0 Å². The second kappa shape index (κ2) is 5.20. The monoisotopic (exact) mass is 205 g/mol. The number of rotatable bonds is 5. The number of aromatic carboxylic acids is 1. The van der Waals surface area contributed by atoms with Crippen molar-refractivity contribution in [3.63, 3.8) is 0 Å². The van der Waals surface area contributed by atoms with Crippen molar-refractivity contribution in [2.75, 3.05) is 11.9 Å². The number of carboxylic acid groups (broad SMARTS) is 1. The van der Waals surface area contributed by atoms with Crippen molar-refractivity contribution in [3.05, 3.63) is 42.0 Å². The van der Waals surface area contributed by atoms with E-state index >= 15 is 0 Å². The highest BCUT2D eigenvalue weighted by Crippen LogP contribution is 2.15. The fourth-order valence-corrected chi connectivity index (χ4v) is 1.33. The standard InChI is InChI=1S/C12H15NO2/c1-3-4-7-13-10-5-6-11(12(14)15)9(2)8-10/h3,5-6,8,13H,1,4,7H2,2H3,(H,14,15). The molecule has 0 saturated carbocycles. The lowest BCUT2D eigenvalue weighted by Gasteiger charge is -2.07. The van der Waals surface area contributed by atoms with Crippen LogP contribution in [0.5, 0.6) is 0 Å². The molecule has 1 aromatic carbocycles. The van der Waals surface area contributed by atoms with Gasteiger partial charge in [-0.2, -0.15) is 0 Å². The quantitative estimate of drug-likeness (QED) is 0.574. The summed E-state index contributed by atoms with van der Waals surface area (Å²) in [7, 11) is 0. The molecular formula is C12H15NO2. The van der Waals surface area contributed by atoms with E-state index in [2.05, 4.69) is 11.9 Å². The average molecular weight is 205 g/mol. The first kappa shape index (κ1) is 11.3. The highest BCUT2D eigenvalue weighted by atomic mass is 16.4. The molecule has 1 aromatic rings. The van der Waals surface area contributed by atoms with E-state index in [1.807, 2.05) is 12.1 Å². The minimum atomic E-state index is -0.884. The van der Waals surface area contributed by atoms with Crippen molar-refractivity contribution in [2.45, 2.75) is 13.3 Å². The van der Waals surface area contributed by atoms with Crippen LogP contribution in [0.25, 0.3) is 0 Å². The van der Waals surface area contributed by atoms with E-state index in [0.29, 0.717) is 5.56 Å². The number of aryl methyl sites for hydroxylation is 1. The highest BCUT2D eigenvalue weighted by Gasteiger charge is 2.06. The van der Waals surface area contributed by atoms with E-state index in [0.717, 1.165) is 24.2 Å². The van der Waals surface area contributed by atoms with Gasteiger partial charge in [0, 0.05) is 12.2 Å². The van der Waals surface area contributed by atoms with Gasteiger partial charge in [-0.15, -0.1) is 6.58 Å². The molecule has 0 spiro atoms. The van der Waals surface area contributed by atoms with Gasteiger partial charge in [0.2, 0.25) is 0 Å². The third-order valence-corrected chi connectivity index (χ3v) is 2.13. The molecule has 0 heterocycles. The van der Waals surface area contributed by atoms with Gasteiger partial charge in [0.25, 0.3) is 0 Å². The molecule has 0 aliphatic carbocycles. The zero-order chi connectivity index (χ0) is 11.3. The summed E-state index contributed by atoms with van der Waals surface area (Å²) < 4.78 is 0. The molecule has 0 saturated heterocycles. The first-order valence-corrected chi connectivity index (χ1v) is 4.84. The van der Waals surface area contributed by atoms with Crippen LogP contribution in [0.2, 0.25) is 0 Å². The summed E-state index contributed by atoms with van der Waals surface area (Å²) in [6.45, 7) is 6.24. The molecule has 0 aliphatic rings. The fourth-order valence-electron chi connectivity index (χ4n) is 1.33. The Bertz CT molecular complexity index is 372. The van der Waals surface area contributed by atoms with Gasteiger partial charge in [-0.05, 0) is 37.1 Å². The van der Waals surface area contributed by atoms with E-state index in [1.165, 1.54) is 0 Å². The van der Waals surface area contributed by atoms with E-state index in [4.69, 9.17) is 5.11 Å². The molecule has 0 aliphatic heterocycles. The zero-order valence-corrected chi connectivity index (χ0v) is 8.79. The third-order valence-electron chi connectivity index (χ3n) is 2.13. The summed E-state index contributed by atoms with van der Waals surface area (Å²) in [5.74, 6) is -0.884.